The van der Waals surface area contributed by atoms with Crippen molar-refractivity contribution in [3.05, 3.63) is 65.7 Å². The first kappa shape index (κ1) is 17.0. The summed E-state index contributed by atoms with van der Waals surface area (Å²) in [6.07, 6.45) is 0. The minimum Gasteiger partial charge on any atom is -0.489 e. The van der Waals surface area contributed by atoms with Gasteiger partial charge >= 0.3 is 5.97 Å². The quantitative estimate of drug-likeness (QED) is 0.830. The van der Waals surface area contributed by atoms with Crippen LogP contribution >= 0.6 is 0 Å². The van der Waals surface area contributed by atoms with E-state index in [0.717, 1.165) is 16.9 Å². The van der Waals surface area contributed by atoms with Gasteiger partial charge in [-0.25, -0.2) is 0 Å². The molecule has 0 unspecified atom stereocenters. The Morgan fingerprint density at radius 3 is 2.26 bits per heavy atom. The van der Waals surface area contributed by atoms with Crippen molar-refractivity contribution < 1.29 is 14.3 Å². The molecule has 0 saturated heterocycles. The first-order valence-electron chi connectivity index (χ1n) is 7.56. The van der Waals surface area contributed by atoms with Crippen molar-refractivity contribution in [1.29, 1.82) is 0 Å². The summed E-state index contributed by atoms with van der Waals surface area (Å²) in [4.78, 5) is 11.8. The second-order valence-corrected chi connectivity index (χ2v) is 6.03. The standard InChI is InChI=1S/C19H23NO3/c1-19(2,18(21)22-3)17(20)15-9-11-16(12-10-15)23-13-14-7-5-4-6-8-14/h4-12,17H,13,20H2,1-3H3/t17-/m1/s1. The number of methoxy groups -OCH3 is 1. The van der Waals surface area contributed by atoms with Crippen molar-refractivity contribution in [2.45, 2.75) is 26.5 Å². The number of rotatable bonds is 6. The van der Waals surface area contributed by atoms with E-state index in [9.17, 15) is 4.79 Å². The van der Waals surface area contributed by atoms with Crippen LogP contribution < -0.4 is 10.5 Å². The van der Waals surface area contributed by atoms with E-state index in [1.807, 2.05) is 54.6 Å². The van der Waals surface area contributed by atoms with Gasteiger partial charge < -0.3 is 15.2 Å². The van der Waals surface area contributed by atoms with Gasteiger partial charge in [-0.3, -0.25) is 4.79 Å². The Labute approximate surface area is 137 Å². The Kier molecular flexibility index (Phi) is 5.40. The summed E-state index contributed by atoms with van der Waals surface area (Å²) in [5.41, 5.74) is 7.41. The molecule has 0 spiro atoms. The zero-order chi connectivity index (χ0) is 16.9. The fraction of sp³-hybridized carbons (Fsp3) is 0.316. The molecule has 0 heterocycles. The van der Waals surface area contributed by atoms with Crippen molar-refractivity contribution in [2.75, 3.05) is 7.11 Å². The molecule has 2 N–H and O–H groups in total. The van der Waals surface area contributed by atoms with Gasteiger partial charge in [-0.1, -0.05) is 42.5 Å². The van der Waals surface area contributed by atoms with Crippen LogP contribution in [0.1, 0.15) is 31.0 Å². The van der Waals surface area contributed by atoms with Gasteiger partial charge in [-0.2, -0.15) is 0 Å². The fourth-order valence-corrected chi connectivity index (χ4v) is 2.32. The van der Waals surface area contributed by atoms with Crippen LogP contribution in [0.2, 0.25) is 0 Å². The topological polar surface area (TPSA) is 61.5 Å². The molecule has 0 fully saturated rings. The van der Waals surface area contributed by atoms with E-state index in [2.05, 4.69) is 0 Å². The lowest BCUT2D eigenvalue weighted by atomic mass is 9.81. The fourth-order valence-electron chi connectivity index (χ4n) is 2.32. The molecule has 2 rings (SSSR count). The van der Waals surface area contributed by atoms with Gasteiger partial charge in [0.2, 0.25) is 0 Å². The van der Waals surface area contributed by atoms with E-state index >= 15 is 0 Å². The maximum atomic E-state index is 11.8. The van der Waals surface area contributed by atoms with E-state index in [0.29, 0.717) is 6.61 Å². The van der Waals surface area contributed by atoms with Crippen LogP contribution in [0.3, 0.4) is 0 Å². The zero-order valence-electron chi connectivity index (χ0n) is 13.8. The van der Waals surface area contributed by atoms with Crippen LogP contribution in [0, 0.1) is 5.41 Å². The third-order valence-electron chi connectivity index (χ3n) is 3.98. The van der Waals surface area contributed by atoms with Gasteiger partial charge in [0.1, 0.15) is 12.4 Å². The number of carbonyl (C=O) groups is 1. The number of ether oxygens (including phenoxy) is 2. The Morgan fingerprint density at radius 2 is 1.70 bits per heavy atom. The Balaban J connectivity index is 2.03. The van der Waals surface area contributed by atoms with Crippen molar-refractivity contribution >= 4 is 5.97 Å². The van der Waals surface area contributed by atoms with Crippen molar-refractivity contribution in [3.8, 4) is 5.75 Å². The second-order valence-electron chi connectivity index (χ2n) is 6.03. The molecule has 0 aliphatic heterocycles. The van der Waals surface area contributed by atoms with E-state index in [-0.39, 0.29) is 5.97 Å². The van der Waals surface area contributed by atoms with Gasteiger partial charge in [-0.15, -0.1) is 0 Å². The summed E-state index contributed by atoms with van der Waals surface area (Å²) in [6, 6.07) is 17.0. The molecule has 0 aromatic heterocycles. The van der Waals surface area contributed by atoms with Gasteiger partial charge in [0.05, 0.1) is 12.5 Å². The van der Waals surface area contributed by atoms with Crippen LogP contribution in [0.15, 0.2) is 54.6 Å². The van der Waals surface area contributed by atoms with Crippen LogP contribution in [-0.2, 0) is 16.1 Å². The Morgan fingerprint density at radius 1 is 1.09 bits per heavy atom. The predicted molar refractivity (Wildman–Crippen MR) is 89.9 cm³/mol. The third kappa shape index (κ3) is 4.11. The summed E-state index contributed by atoms with van der Waals surface area (Å²) in [5, 5.41) is 0. The molecule has 2 aromatic rings. The summed E-state index contributed by atoms with van der Waals surface area (Å²) in [7, 11) is 1.37. The maximum absolute atomic E-state index is 11.8. The average Bonchev–Trinajstić information content (AvgIpc) is 2.59. The molecule has 1 atom stereocenters. The number of hydrogen-bond donors (Lipinski definition) is 1. The lowest BCUT2D eigenvalue weighted by Crippen LogP contribution is -2.37. The number of hydrogen-bond acceptors (Lipinski definition) is 4. The largest absolute Gasteiger partial charge is 0.489 e. The minimum atomic E-state index is -0.791. The molecule has 0 saturated carbocycles. The Bertz CT molecular complexity index is 635. The lowest BCUT2D eigenvalue weighted by Gasteiger charge is -2.29. The SMILES string of the molecule is COC(=O)C(C)(C)[C@H](N)c1ccc(OCc2ccccc2)cc1. The minimum absolute atomic E-state index is 0.325. The average molecular weight is 313 g/mol. The van der Waals surface area contributed by atoms with E-state index in [4.69, 9.17) is 15.2 Å². The molecule has 4 nitrogen and oxygen atoms in total. The van der Waals surface area contributed by atoms with Gasteiger partial charge in [0.15, 0.2) is 0 Å². The van der Waals surface area contributed by atoms with Gasteiger partial charge in [0, 0.05) is 6.04 Å². The monoisotopic (exact) mass is 313 g/mol. The highest BCUT2D eigenvalue weighted by Gasteiger charge is 2.36. The van der Waals surface area contributed by atoms with E-state index in [1.54, 1.807) is 13.8 Å². The normalized spacial score (nSPS) is 12.5. The van der Waals surface area contributed by atoms with Gasteiger partial charge in [0.25, 0.3) is 0 Å². The molecular weight excluding hydrogens is 290 g/mol. The van der Waals surface area contributed by atoms with E-state index < -0.39 is 11.5 Å². The van der Waals surface area contributed by atoms with Crippen LogP contribution in [0.5, 0.6) is 5.75 Å². The van der Waals surface area contributed by atoms with Crippen LogP contribution in [0.4, 0.5) is 0 Å². The van der Waals surface area contributed by atoms with Gasteiger partial charge in [-0.05, 0) is 37.1 Å². The molecule has 2 aromatic carbocycles. The van der Waals surface area contributed by atoms with Crippen molar-refractivity contribution in [1.82, 2.24) is 0 Å². The number of nitrogens with two attached hydrogens (primary N) is 1. The second kappa shape index (κ2) is 7.29. The number of carbonyl (C=O) groups excluding carboxylic acids is 1. The van der Waals surface area contributed by atoms with Crippen LogP contribution in [-0.4, -0.2) is 13.1 Å². The number of esters is 1. The maximum Gasteiger partial charge on any atom is 0.313 e. The highest BCUT2D eigenvalue weighted by molar-refractivity contribution is 5.77. The molecule has 23 heavy (non-hydrogen) atoms. The Hall–Kier alpha value is -2.33. The molecule has 0 aliphatic rings. The highest BCUT2D eigenvalue weighted by atomic mass is 16.5. The summed E-state index contributed by atoms with van der Waals surface area (Å²) in [5.74, 6) is 0.440. The smallest absolute Gasteiger partial charge is 0.313 e. The van der Waals surface area contributed by atoms with Crippen LogP contribution in [0.25, 0.3) is 0 Å². The summed E-state index contributed by atoms with van der Waals surface area (Å²) < 4.78 is 10.6. The molecule has 122 valence electrons. The van der Waals surface area contributed by atoms with E-state index in [1.165, 1.54) is 7.11 Å². The molecule has 0 bridgehead atoms. The predicted octanol–water partition coefficient (Wildman–Crippen LogP) is 3.46. The summed E-state index contributed by atoms with van der Waals surface area (Å²) >= 11 is 0. The first-order valence-corrected chi connectivity index (χ1v) is 7.56. The van der Waals surface area contributed by atoms with Crippen molar-refractivity contribution in [3.63, 3.8) is 0 Å². The molecule has 0 amide bonds. The third-order valence-corrected chi connectivity index (χ3v) is 3.98. The summed E-state index contributed by atoms with van der Waals surface area (Å²) in [6.45, 7) is 4.08. The van der Waals surface area contributed by atoms with Crippen molar-refractivity contribution in [2.24, 2.45) is 11.1 Å². The molecule has 4 heteroatoms. The first-order chi connectivity index (χ1) is 10.9. The molecular formula is C19H23NO3. The highest BCUT2D eigenvalue weighted by Crippen LogP contribution is 2.33. The number of benzene rings is 2. The lowest BCUT2D eigenvalue weighted by molar-refractivity contribution is -0.152. The molecule has 0 aliphatic carbocycles. The molecule has 0 radical (unpaired) electrons. The zero-order valence-corrected chi connectivity index (χ0v) is 13.8.